The van der Waals surface area contributed by atoms with Gasteiger partial charge < -0.3 is 5.11 Å². The average Bonchev–Trinajstić information content (AvgIpc) is 2.16. The van der Waals surface area contributed by atoms with Crippen LogP contribution in [0, 0.1) is 18.3 Å². The molecule has 1 aromatic carbocycles. The van der Waals surface area contributed by atoms with Crippen molar-refractivity contribution >= 4 is 11.6 Å². The number of rotatable bonds is 2. The second-order valence-electron chi connectivity index (χ2n) is 2.73. The van der Waals surface area contributed by atoms with E-state index in [1.54, 1.807) is 18.2 Å². The van der Waals surface area contributed by atoms with Crippen molar-refractivity contribution in [3.63, 3.8) is 0 Å². The van der Waals surface area contributed by atoms with Gasteiger partial charge in [0.25, 0.3) is 0 Å². The third kappa shape index (κ3) is 2.21. The fourth-order valence-electron chi connectivity index (χ4n) is 0.981. The lowest BCUT2D eigenvalue weighted by Crippen LogP contribution is -1.99. The highest BCUT2D eigenvalue weighted by atomic mass is 35.5. The highest BCUT2D eigenvalue weighted by Crippen LogP contribution is 2.21. The average molecular weight is 195 g/mol. The quantitative estimate of drug-likeness (QED) is 0.784. The molecule has 0 aliphatic carbocycles. The Labute approximate surface area is 82.4 Å². The van der Waals surface area contributed by atoms with Gasteiger partial charge in [-0.2, -0.15) is 5.26 Å². The summed E-state index contributed by atoms with van der Waals surface area (Å²) in [6.07, 6.45) is 0. The molecule has 0 aliphatic heterocycles. The second-order valence-corrected chi connectivity index (χ2v) is 3.14. The maximum absolute atomic E-state index is 8.84. The Morgan fingerprint density at radius 1 is 1.62 bits per heavy atom. The van der Waals surface area contributed by atoms with Crippen LogP contribution in [0.25, 0.3) is 0 Å². The van der Waals surface area contributed by atoms with Crippen LogP contribution in [0.1, 0.15) is 17.0 Å². The number of hydrogen-bond donors (Lipinski definition) is 1. The molecule has 1 atom stereocenters. The summed E-state index contributed by atoms with van der Waals surface area (Å²) in [6, 6.07) is 7.00. The third-order valence-corrected chi connectivity index (χ3v) is 2.12. The van der Waals surface area contributed by atoms with Gasteiger partial charge in [-0.25, -0.2) is 0 Å². The van der Waals surface area contributed by atoms with Gasteiger partial charge in [0.1, 0.15) is 6.07 Å². The molecule has 0 saturated carbocycles. The van der Waals surface area contributed by atoms with Crippen LogP contribution < -0.4 is 0 Å². The van der Waals surface area contributed by atoms with Crippen molar-refractivity contribution in [3.8, 4) is 6.07 Å². The van der Waals surface area contributed by atoms with E-state index in [0.717, 1.165) is 5.56 Å². The van der Waals surface area contributed by atoms with Crippen molar-refractivity contribution in [3.05, 3.63) is 41.3 Å². The van der Waals surface area contributed by atoms with Gasteiger partial charge >= 0.3 is 0 Å². The normalized spacial score (nSPS) is 12.2. The van der Waals surface area contributed by atoms with E-state index in [4.69, 9.17) is 22.0 Å². The first-order valence-electron chi connectivity index (χ1n) is 3.82. The van der Waals surface area contributed by atoms with Crippen LogP contribution >= 0.6 is 11.6 Å². The number of benzene rings is 1. The second kappa shape index (κ2) is 4.27. The van der Waals surface area contributed by atoms with Gasteiger partial charge in [-0.05, 0) is 24.6 Å². The molecule has 2 nitrogen and oxygen atoms in total. The molecule has 0 heterocycles. The molecule has 1 N–H and O–H groups in total. The third-order valence-electron chi connectivity index (χ3n) is 1.81. The standard InChI is InChI=1S/C10H9ClNO/c1-7(6-13)8-2-3-9(5-12)10(11)4-8/h2-4,7,13H,1,6H2. The van der Waals surface area contributed by atoms with Crippen LogP contribution in [0.2, 0.25) is 5.02 Å². The topological polar surface area (TPSA) is 44.0 Å². The Balaban J connectivity index is 3.04. The largest absolute Gasteiger partial charge is 0.396 e. The molecule has 0 amide bonds. The predicted molar refractivity (Wildman–Crippen MR) is 51.4 cm³/mol. The van der Waals surface area contributed by atoms with E-state index in [1.165, 1.54) is 0 Å². The van der Waals surface area contributed by atoms with Crippen molar-refractivity contribution in [1.29, 1.82) is 5.26 Å². The molecule has 1 radical (unpaired) electrons. The number of nitriles is 1. The van der Waals surface area contributed by atoms with Crippen LogP contribution in [-0.2, 0) is 0 Å². The summed E-state index contributed by atoms with van der Waals surface area (Å²) in [7, 11) is 0. The number of hydrogen-bond acceptors (Lipinski definition) is 2. The molecule has 0 saturated heterocycles. The lowest BCUT2D eigenvalue weighted by molar-refractivity contribution is 0.282. The van der Waals surface area contributed by atoms with Gasteiger partial charge in [-0.1, -0.05) is 17.7 Å². The summed E-state index contributed by atoms with van der Waals surface area (Å²) in [5, 5.41) is 17.8. The molecule has 1 unspecified atom stereocenters. The van der Waals surface area contributed by atoms with Gasteiger partial charge in [0.2, 0.25) is 0 Å². The van der Waals surface area contributed by atoms with E-state index < -0.39 is 0 Å². The molecule has 0 aromatic heterocycles. The fourth-order valence-corrected chi connectivity index (χ4v) is 1.21. The zero-order valence-corrected chi connectivity index (χ0v) is 7.75. The summed E-state index contributed by atoms with van der Waals surface area (Å²) in [6.45, 7) is 3.71. The van der Waals surface area contributed by atoms with Crippen molar-refractivity contribution < 1.29 is 5.11 Å². The maximum atomic E-state index is 8.84. The van der Waals surface area contributed by atoms with Crippen molar-refractivity contribution in [1.82, 2.24) is 0 Å². The Morgan fingerprint density at radius 2 is 2.31 bits per heavy atom. The first-order valence-corrected chi connectivity index (χ1v) is 4.20. The molecule has 0 aliphatic rings. The summed E-state index contributed by atoms with van der Waals surface area (Å²) >= 11 is 5.80. The Bertz CT molecular complexity index is 343. The fraction of sp³-hybridized carbons (Fsp3) is 0.200. The van der Waals surface area contributed by atoms with Crippen LogP contribution in [-0.4, -0.2) is 11.7 Å². The van der Waals surface area contributed by atoms with E-state index in [1.807, 2.05) is 6.07 Å². The molecule has 13 heavy (non-hydrogen) atoms. The first kappa shape index (κ1) is 10.0. The molecule has 1 aromatic rings. The molecule has 0 bridgehead atoms. The number of nitrogens with zero attached hydrogens (tertiary/aromatic N) is 1. The Hall–Kier alpha value is -1.04. The molecule has 0 spiro atoms. The molecule has 3 heteroatoms. The molecular weight excluding hydrogens is 186 g/mol. The van der Waals surface area contributed by atoms with Crippen molar-refractivity contribution in [2.45, 2.75) is 5.92 Å². The zero-order chi connectivity index (χ0) is 9.84. The summed E-state index contributed by atoms with van der Waals surface area (Å²) in [5.74, 6) is -0.190. The molecule has 1 rings (SSSR count). The molecular formula is C10H9ClNO. The molecule has 67 valence electrons. The SMILES string of the molecule is [CH2]C(CO)c1ccc(C#N)c(Cl)c1. The van der Waals surface area contributed by atoms with Crippen LogP contribution in [0.3, 0.4) is 0 Å². The summed E-state index contributed by atoms with van der Waals surface area (Å²) in [5.41, 5.74) is 1.28. The number of aliphatic hydroxyl groups excluding tert-OH is 1. The minimum absolute atomic E-state index is 0.0256. The van der Waals surface area contributed by atoms with E-state index >= 15 is 0 Å². The summed E-state index contributed by atoms with van der Waals surface area (Å²) in [4.78, 5) is 0. The lowest BCUT2D eigenvalue weighted by Gasteiger charge is -2.08. The van der Waals surface area contributed by atoms with Crippen LogP contribution in [0.5, 0.6) is 0 Å². The van der Waals surface area contributed by atoms with Gasteiger partial charge in [-0.15, -0.1) is 0 Å². The predicted octanol–water partition coefficient (Wildman–Crippen LogP) is 2.12. The van der Waals surface area contributed by atoms with Gasteiger partial charge in [0.05, 0.1) is 10.6 Å². The molecule has 0 fully saturated rings. The van der Waals surface area contributed by atoms with E-state index in [-0.39, 0.29) is 12.5 Å². The van der Waals surface area contributed by atoms with Gasteiger partial charge in [-0.3, -0.25) is 0 Å². The van der Waals surface area contributed by atoms with Crippen LogP contribution in [0.4, 0.5) is 0 Å². The lowest BCUT2D eigenvalue weighted by atomic mass is 10.0. The maximum Gasteiger partial charge on any atom is 0.101 e. The first-order chi connectivity index (χ1) is 6.19. The number of aliphatic hydroxyl groups is 1. The van der Waals surface area contributed by atoms with Crippen molar-refractivity contribution in [2.75, 3.05) is 6.61 Å². The van der Waals surface area contributed by atoms with Crippen LogP contribution in [0.15, 0.2) is 18.2 Å². The monoisotopic (exact) mass is 194 g/mol. The highest BCUT2D eigenvalue weighted by molar-refractivity contribution is 6.31. The Kier molecular flexibility index (Phi) is 3.30. The van der Waals surface area contributed by atoms with E-state index in [0.29, 0.717) is 10.6 Å². The number of halogens is 1. The van der Waals surface area contributed by atoms with E-state index in [2.05, 4.69) is 6.92 Å². The summed E-state index contributed by atoms with van der Waals surface area (Å²) < 4.78 is 0. The van der Waals surface area contributed by atoms with E-state index in [9.17, 15) is 0 Å². The van der Waals surface area contributed by atoms with Gasteiger partial charge in [0, 0.05) is 12.5 Å². The minimum Gasteiger partial charge on any atom is -0.396 e. The minimum atomic E-state index is -0.190. The van der Waals surface area contributed by atoms with Gasteiger partial charge in [0.15, 0.2) is 0 Å². The Morgan fingerprint density at radius 3 is 2.77 bits per heavy atom. The smallest absolute Gasteiger partial charge is 0.101 e. The van der Waals surface area contributed by atoms with Crippen molar-refractivity contribution in [2.24, 2.45) is 0 Å². The highest BCUT2D eigenvalue weighted by Gasteiger charge is 2.06. The zero-order valence-electron chi connectivity index (χ0n) is 7.00.